The molecule has 1 aliphatic heterocycles. The van der Waals surface area contributed by atoms with Crippen molar-refractivity contribution in [2.75, 3.05) is 11.4 Å². The molecule has 4 heteroatoms. The van der Waals surface area contributed by atoms with Gasteiger partial charge in [0.05, 0.1) is 0 Å². The van der Waals surface area contributed by atoms with Crippen LogP contribution in [0.15, 0.2) is 36.4 Å². The molecule has 0 aliphatic carbocycles. The molecule has 1 aliphatic rings. The molecule has 0 spiro atoms. The van der Waals surface area contributed by atoms with Crippen molar-refractivity contribution < 1.29 is 13.6 Å². The highest BCUT2D eigenvalue weighted by Gasteiger charge is 2.34. The molecule has 0 fully saturated rings. The molecular formula is C21H23F2NO. The fraction of sp³-hybridized carbons (Fsp3) is 0.381. The number of benzene rings is 2. The van der Waals surface area contributed by atoms with E-state index in [0.29, 0.717) is 6.54 Å². The van der Waals surface area contributed by atoms with Crippen molar-refractivity contribution in [2.45, 2.75) is 45.4 Å². The van der Waals surface area contributed by atoms with Gasteiger partial charge in [-0.25, -0.2) is 8.78 Å². The van der Waals surface area contributed by atoms with E-state index in [1.165, 1.54) is 16.5 Å². The van der Waals surface area contributed by atoms with Gasteiger partial charge in [-0.15, -0.1) is 0 Å². The Morgan fingerprint density at radius 3 is 2.36 bits per heavy atom. The summed E-state index contributed by atoms with van der Waals surface area (Å²) in [4.78, 5) is 14.4. The quantitative estimate of drug-likeness (QED) is 0.713. The lowest BCUT2D eigenvalue weighted by Gasteiger charge is -2.22. The van der Waals surface area contributed by atoms with Gasteiger partial charge in [0.25, 0.3) is 5.91 Å². The van der Waals surface area contributed by atoms with E-state index in [9.17, 15) is 13.6 Å². The van der Waals surface area contributed by atoms with Crippen molar-refractivity contribution >= 4 is 11.6 Å². The van der Waals surface area contributed by atoms with E-state index < -0.39 is 23.1 Å². The average molecular weight is 343 g/mol. The topological polar surface area (TPSA) is 20.3 Å². The Morgan fingerprint density at radius 1 is 1.16 bits per heavy atom. The monoisotopic (exact) mass is 343 g/mol. The molecular weight excluding hydrogens is 320 g/mol. The molecule has 1 atom stereocenters. The molecule has 132 valence electrons. The number of hydrogen-bond acceptors (Lipinski definition) is 1. The van der Waals surface area contributed by atoms with Gasteiger partial charge < -0.3 is 4.90 Å². The van der Waals surface area contributed by atoms with Crippen LogP contribution < -0.4 is 4.90 Å². The predicted molar refractivity (Wildman–Crippen MR) is 96.2 cm³/mol. The molecule has 2 aromatic carbocycles. The third-order valence-corrected chi connectivity index (χ3v) is 4.94. The number of nitrogens with zero attached hydrogens (tertiary/aromatic N) is 1. The fourth-order valence-electron chi connectivity index (χ4n) is 3.39. The summed E-state index contributed by atoms with van der Waals surface area (Å²) in [6, 6.07) is 9.54. The maximum Gasteiger partial charge on any atom is 0.264 e. The van der Waals surface area contributed by atoms with E-state index in [0.717, 1.165) is 29.8 Å². The largest absolute Gasteiger partial charge is 0.307 e. The molecule has 0 N–H and O–H groups in total. The highest BCUT2D eigenvalue weighted by molar-refractivity contribution is 6.07. The Bertz CT molecular complexity index is 803. The number of anilines is 1. The van der Waals surface area contributed by atoms with Crippen LogP contribution in [0.2, 0.25) is 0 Å². The number of carbonyl (C=O) groups is 1. The van der Waals surface area contributed by atoms with Gasteiger partial charge in [0.15, 0.2) is 0 Å². The van der Waals surface area contributed by atoms with Crippen molar-refractivity contribution in [1.29, 1.82) is 0 Å². The van der Waals surface area contributed by atoms with Crippen molar-refractivity contribution in [3.8, 4) is 0 Å². The lowest BCUT2D eigenvalue weighted by molar-refractivity contribution is 0.0980. The van der Waals surface area contributed by atoms with Crippen molar-refractivity contribution in [3.63, 3.8) is 0 Å². The summed E-state index contributed by atoms with van der Waals surface area (Å²) in [5.74, 6) is -2.08. The van der Waals surface area contributed by atoms with E-state index in [2.05, 4.69) is 33.8 Å². The maximum absolute atomic E-state index is 14.0. The molecule has 2 nitrogen and oxygen atoms in total. The number of rotatable bonds is 2. The van der Waals surface area contributed by atoms with Gasteiger partial charge in [0.2, 0.25) is 0 Å². The zero-order valence-corrected chi connectivity index (χ0v) is 15.1. The first-order valence-electron chi connectivity index (χ1n) is 8.64. The van der Waals surface area contributed by atoms with Gasteiger partial charge in [-0.2, -0.15) is 0 Å². The lowest BCUT2D eigenvalue weighted by Crippen LogP contribution is -2.31. The maximum atomic E-state index is 14.0. The fourth-order valence-corrected chi connectivity index (χ4v) is 3.39. The van der Waals surface area contributed by atoms with E-state index in [1.807, 2.05) is 12.1 Å². The van der Waals surface area contributed by atoms with Gasteiger partial charge in [-0.05, 0) is 41.2 Å². The minimum absolute atomic E-state index is 0.00238. The molecule has 1 unspecified atom stereocenters. The molecule has 2 aromatic rings. The number of halogens is 2. The zero-order chi connectivity index (χ0) is 18.4. The Labute approximate surface area is 147 Å². The third-order valence-electron chi connectivity index (χ3n) is 4.94. The third kappa shape index (κ3) is 3.06. The Morgan fingerprint density at radius 2 is 1.80 bits per heavy atom. The summed E-state index contributed by atoms with van der Waals surface area (Å²) in [5, 5.41) is 0. The molecule has 0 aromatic heterocycles. The molecule has 0 radical (unpaired) electrons. The van der Waals surface area contributed by atoms with Crippen LogP contribution in [-0.2, 0) is 5.41 Å². The van der Waals surface area contributed by atoms with Crippen molar-refractivity contribution in [1.82, 2.24) is 0 Å². The number of fused-ring (bicyclic) bond motifs is 1. The van der Waals surface area contributed by atoms with E-state index in [4.69, 9.17) is 0 Å². The van der Waals surface area contributed by atoms with E-state index in [1.54, 1.807) is 0 Å². The van der Waals surface area contributed by atoms with E-state index >= 15 is 0 Å². The molecule has 1 heterocycles. The van der Waals surface area contributed by atoms with Crippen LogP contribution in [0.1, 0.15) is 61.5 Å². The Kier molecular flexibility index (Phi) is 4.40. The average Bonchev–Trinajstić information content (AvgIpc) is 2.91. The lowest BCUT2D eigenvalue weighted by atomic mass is 9.84. The molecule has 0 saturated heterocycles. The second-order valence-electron chi connectivity index (χ2n) is 7.64. The number of hydrogen-bond donors (Lipinski definition) is 0. The van der Waals surface area contributed by atoms with E-state index in [-0.39, 0.29) is 11.3 Å². The Hall–Kier alpha value is -2.23. The van der Waals surface area contributed by atoms with Gasteiger partial charge in [0.1, 0.15) is 17.2 Å². The van der Waals surface area contributed by atoms with Crippen LogP contribution in [0.5, 0.6) is 0 Å². The van der Waals surface area contributed by atoms with Gasteiger partial charge >= 0.3 is 0 Å². The summed E-state index contributed by atoms with van der Waals surface area (Å²) in [6.45, 7) is 8.94. The summed E-state index contributed by atoms with van der Waals surface area (Å²) in [6.07, 6.45) is 0.865. The Balaban J connectivity index is 2.06. The molecule has 25 heavy (non-hydrogen) atoms. The summed E-state index contributed by atoms with van der Waals surface area (Å²) in [5.41, 5.74) is 2.55. The second kappa shape index (κ2) is 6.25. The number of carbonyl (C=O) groups excluding carboxylic acids is 1. The van der Waals surface area contributed by atoms with Crippen LogP contribution in [0.4, 0.5) is 14.5 Å². The highest BCUT2D eigenvalue weighted by atomic mass is 19.1. The SMILES string of the molecule is CCC1CN(C(=O)c2c(F)cccc2F)c2ccc(C(C)(C)C)cc21. The first-order valence-corrected chi connectivity index (χ1v) is 8.64. The molecule has 1 amide bonds. The van der Waals surface area contributed by atoms with Gasteiger partial charge in [-0.1, -0.05) is 45.9 Å². The second-order valence-corrected chi connectivity index (χ2v) is 7.64. The smallest absolute Gasteiger partial charge is 0.264 e. The van der Waals surface area contributed by atoms with Crippen LogP contribution in [0.25, 0.3) is 0 Å². The standard InChI is InChI=1S/C21H23F2NO/c1-5-13-12-24(20(25)19-16(22)7-6-8-17(19)23)18-10-9-14(11-15(13)18)21(2,3)4/h6-11,13H,5,12H2,1-4H3. The van der Waals surface area contributed by atoms with Crippen molar-refractivity contribution in [2.24, 2.45) is 0 Å². The first kappa shape index (κ1) is 17.6. The first-order chi connectivity index (χ1) is 11.7. The summed E-state index contributed by atoms with van der Waals surface area (Å²) in [7, 11) is 0. The minimum atomic E-state index is -0.821. The van der Waals surface area contributed by atoms with Crippen LogP contribution in [0, 0.1) is 11.6 Å². The number of amides is 1. The summed E-state index contributed by atoms with van der Waals surface area (Å²) < 4.78 is 28.1. The summed E-state index contributed by atoms with van der Waals surface area (Å²) >= 11 is 0. The molecule has 0 saturated carbocycles. The van der Waals surface area contributed by atoms with Crippen LogP contribution in [0.3, 0.4) is 0 Å². The van der Waals surface area contributed by atoms with Gasteiger partial charge in [0, 0.05) is 18.2 Å². The van der Waals surface area contributed by atoms with Crippen molar-refractivity contribution in [3.05, 3.63) is 64.7 Å². The molecule has 3 rings (SSSR count). The molecule has 0 bridgehead atoms. The predicted octanol–water partition coefficient (Wildman–Crippen LogP) is 5.42. The zero-order valence-electron chi connectivity index (χ0n) is 15.1. The van der Waals surface area contributed by atoms with Crippen LogP contribution in [-0.4, -0.2) is 12.5 Å². The van der Waals surface area contributed by atoms with Crippen LogP contribution >= 0.6 is 0 Å². The normalized spacial score (nSPS) is 16.9. The van der Waals surface area contributed by atoms with Gasteiger partial charge in [-0.3, -0.25) is 4.79 Å². The highest BCUT2D eigenvalue weighted by Crippen LogP contribution is 2.41. The minimum Gasteiger partial charge on any atom is -0.307 e.